The van der Waals surface area contributed by atoms with Crippen molar-refractivity contribution in [3.63, 3.8) is 0 Å². The summed E-state index contributed by atoms with van der Waals surface area (Å²) in [5, 5.41) is 0. The molecule has 0 unspecified atom stereocenters. The zero-order chi connectivity index (χ0) is 18.3. The Morgan fingerprint density at radius 3 is 2.81 bits per heavy atom. The standard InChI is InChI=1S/C22H24N4O/c1-17-4-6-19(7-5-17)20-12-24-21-14-27-22(16-26(20)21)8-10-25(15-22)13-18-3-2-9-23-11-18/h2-7,9,11-12H,8,10,13-16H2,1H3/t22-/m1/s1. The smallest absolute Gasteiger partial charge is 0.135 e. The maximum absolute atomic E-state index is 6.35. The number of aryl methyl sites for hydroxylation is 1. The van der Waals surface area contributed by atoms with Crippen molar-refractivity contribution in [1.29, 1.82) is 0 Å². The van der Waals surface area contributed by atoms with E-state index in [0.717, 1.165) is 38.4 Å². The van der Waals surface area contributed by atoms with Gasteiger partial charge in [-0.1, -0.05) is 35.9 Å². The van der Waals surface area contributed by atoms with Crippen LogP contribution in [0.3, 0.4) is 0 Å². The van der Waals surface area contributed by atoms with Gasteiger partial charge in [-0.05, 0) is 30.5 Å². The summed E-state index contributed by atoms with van der Waals surface area (Å²) in [5.41, 5.74) is 4.84. The van der Waals surface area contributed by atoms with Crippen LogP contribution in [-0.4, -0.2) is 38.1 Å². The molecule has 1 fully saturated rings. The van der Waals surface area contributed by atoms with Gasteiger partial charge in [0, 0.05) is 32.0 Å². The third kappa shape index (κ3) is 3.17. The highest BCUT2D eigenvalue weighted by Crippen LogP contribution is 2.35. The zero-order valence-electron chi connectivity index (χ0n) is 15.6. The molecule has 2 aromatic heterocycles. The molecule has 5 heteroatoms. The fourth-order valence-electron chi connectivity index (χ4n) is 4.27. The molecule has 4 heterocycles. The van der Waals surface area contributed by atoms with Crippen molar-refractivity contribution in [2.45, 2.75) is 38.6 Å². The number of rotatable bonds is 3. The van der Waals surface area contributed by atoms with Crippen LogP contribution in [-0.2, 0) is 24.4 Å². The number of imidazole rings is 1. The molecule has 0 amide bonds. The number of hydrogen-bond donors (Lipinski definition) is 0. The van der Waals surface area contributed by atoms with Crippen LogP contribution in [0.1, 0.15) is 23.4 Å². The van der Waals surface area contributed by atoms with E-state index in [2.05, 4.69) is 56.7 Å². The fraction of sp³-hybridized carbons (Fsp3) is 0.364. The van der Waals surface area contributed by atoms with Crippen LogP contribution in [0, 0.1) is 6.92 Å². The van der Waals surface area contributed by atoms with Crippen molar-refractivity contribution >= 4 is 0 Å². The van der Waals surface area contributed by atoms with Gasteiger partial charge in [0.1, 0.15) is 18.0 Å². The van der Waals surface area contributed by atoms with Crippen molar-refractivity contribution < 1.29 is 4.74 Å². The minimum atomic E-state index is -0.116. The molecule has 1 aromatic carbocycles. The third-order valence-electron chi connectivity index (χ3n) is 5.76. The largest absolute Gasteiger partial charge is 0.364 e. The second kappa shape index (κ2) is 6.59. The lowest BCUT2D eigenvalue weighted by Crippen LogP contribution is -2.44. The monoisotopic (exact) mass is 360 g/mol. The summed E-state index contributed by atoms with van der Waals surface area (Å²) < 4.78 is 8.71. The Kier molecular flexibility index (Phi) is 4.06. The Morgan fingerprint density at radius 1 is 1.11 bits per heavy atom. The Balaban J connectivity index is 1.36. The number of hydrogen-bond acceptors (Lipinski definition) is 4. The van der Waals surface area contributed by atoms with E-state index in [0.29, 0.717) is 6.61 Å². The van der Waals surface area contributed by atoms with Crippen molar-refractivity contribution in [3.8, 4) is 11.3 Å². The maximum Gasteiger partial charge on any atom is 0.135 e. The Labute approximate surface area is 159 Å². The second-order valence-electron chi connectivity index (χ2n) is 7.81. The number of likely N-dealkylation sites (tertiary alicyclic amines) is 1. The SMILES string of the molecule is Cc1ccc(-c2cnc3n2C[C@]2(CCN(Cc4cccnc4)C2)OC3)cc1. The minimum Gasteiger partial charge on any atom is -0.364 e. The second-order valence-corrected chi connectivity index (χ2v) is 7.81. The lowest BCUT2D eigenvalue weighted by Gasteiger charge is -2.35. The van der Waals surface area contributed by atoms with Crippen molar-refractivity contribution in [2.24, 2.45) is 0 Å². The number of pyridine rings is 1. The van der Waals surface area contributed by atoms with Crippen molar-refractivity contribution in [2.75, 3.05) is 13.1 Å². The lowest BCUT2D eigenvalue weighted by molar-refractivity contribution is -0.0821. The van der Waals surface area contributed by atoms with E-state index in [1.165, 1.54) is 22.4 Å². The fourth-order valence-corrected chi connectivity index (χ4v) is 4.27. The van der Waals surface area contributed by atoms with E-state index in [1.807, 2.05) is 24.7 Å². The highest BCUT2D eigenvalue weighted by atomic mass is 16.5. The first-order valence-electron chi connectivity index (χ1n) is 9.57. The van der Waals surface area contributed by atoms with E-state index < -0.39 is 0 Å². The molecule has 138 valence electrons. The van der Waals surface area contributed by atoms with Crippen molar-refractivity contribution in [3.05, 3.63) is 71.9 Å². The van der Waals surface area contributed by atoms with Gasteiger partial charge in [-0.2, -0.15) is 0 Å². The van der Waals surface area contributed by atoms with Gasteiger partial charge in [-0.25, -0.2) is 4.98 Å². The molecule has 0 bridgehead atoms. The third-order valence-corrected chi connectivity index (χ3v) is 5.76. The quantitative estimate of drug-likeness (QED) is 0.718. The lowest BCUT2D eigenvalue weighted by atomic mass is 10.0. The van der Waals surface area contributed by atoms with Crippen LogP contribution in [0.25, 0.3) is 11.3 Å². The summed E-state index contributed by atoms with van der Waals surface area (Å²) in [7, 11) is 0. The topological polar surface area (TPSA) is 43.2 Å². The van der Waals surface area contributed by atoms with Crippen LogP contribution in [0.2, 0.25) is 0 Å². The van der Waals surface area contributed by atoms with Gasteiger partial charge in [-0.3, -0.25) is 9.88 Å². The normalized spacial score (nSPS) is 22.3. The van der Waals surface area contributed by atoms with E-state index in [-0.39, 0.29) is 5.60 Å². The molecule has 3 aromatic rings. The van der Waals surface area contributed by atoms with Crippen LogP contribution in [0.15, 0.2) is 55.0 Å². The highest BCUT2D eigenvalue weighted by Gasteiger charge is 2.43. The summed E-state index contributed by atoms with van der Waals surface area (Å²) >= 11 is 0. The molecular formula is C22H24N4O. The van der Waals surface area contributed by atoms with E-state index in [9.17, 15) is 0 Å². The van der Waals surface area contributed by atoms with E-state index in [1.54, 1.807) is 0 Å². The molecule has 0 saturated carbocycles. The molecule has 1 atom stereocenters. The molecule has 1 spiro atoms. The zero-order valence-corrected chi connectivity index (χ0v) is 15.6. The summed E-state index contributed by atoms with van der Waals surface area (Å²) in [6, 6.07) is 12.8. The molecule has 0 N–H and O–H groups in total. The van der Waals surface area contributed by atoms with Gasteiger partial charge < -0.3 is 9.30 Å². The van der Waals surface area contributed by atoms with Crippen LogP contribution >= 0.6 is 0 Å². The summed E-state index contributed by atoms with van der Waals surface area (Å²) in [6.45, 7) is 6.52. The molecule has 27 heavy (non-hydrogen) atoms. The number of ether oxygens (including phenoxy) is 1. The summed E-state index contributed by atoms with van der Waals surface area (Å²) in [4.78, 5) is 11.3. The Bertz CT molecular complexity index is 935. The Morgan fingerprint density at radius 2 is 2.00 bits per heavy atom. The summed E-state index contributed by atoms with van der Waals surface area (Å²) in [5.74, 6) is 1.03. The maximum atomic E-state index is 6.35. The number of aromatic nitrogens is 3. The van der Waals surface area contributed by atoms with E-state index in [4.69, 9.17) is 4.74 Å². The first-order chi connectivity index (χ1) is 13.2. The average Bonchev–Trinajstić information content (AvgIpc) is 3.28. The molecular weight excluding hydrogens is 336 g/mol. The van der Waals surface area contributed by atoms with Gasteiger partial charge in [0.15, 0.2) is 0 Å². The predicted molar refractivity (Wildman–Crippen MR) is 104 cm³/mol. The van der Waals surface area contributed by atoms with Gasteiger partial charge >= 0.3 is 0 Å². The van der Waals surface area contributed by atoms with Gasteiger partial charge in [0.25, 0.3) is 0 Å². The molecule has 0 aliphatic carbocycles. The molecule has 2 aliphatic heterocycles. The molecule has 5 rings (SSSR count). The van der Waals surface area contributed by atoms with Gasteiger partial charge in [-0.15, -0.1) is 0 Å². The first kappa shape index (κ1) is 16.7. The van der Waals surface area contributed by atoms with Crippen LogP contribution in [0.5, 0.6) is 0 Å². The number of nitrogens with zero attached hydrogens (tertiary/aromatic N) is 4. The number of benzene rings is 1. The molecule has 0 radical (unpaired) electrons. The Hall–Kier alpha value is -2.50. The van der Waals surface area contributed by atoms with Crippen LogP contribution in [0.4, 0.5) is 0 Å². The molecule has 2 aliphatic rings. The number of fused-ring (bicyclic) bond motifs is 1. The predicted octanol–water partition coefficient (Wildman–Crippen LogP) is 3.43. The highest BCUT2D eigenvalue weighted by molar-refractivity contribution is 5.60. The summed E-state index contributed by atoms with van der Waals surface area (Å²) in [6.07, 6.45) is 6.82. The van der Waals surface area contributed by atoms with E-state index >= 15 is 0 Å². The molecule has 5 nitrogen and oxygen atoms in total. The van der Waals surface area contributed by atoms with Crippen molar-refractivity contribution in [1.82, 2.24) is 19.4 Å². The van der Waals surface area contributed by atoms with Gasteiger partial charge in [0.2, 0.25) is 0 Å². The average molecular weight is 360 g/mol. The first-order valence-corrected chi connectivity index (χ1v) is 9.57. The minimum absolute atomic E-state index is 0.116. The van der Waals surface area contributed by atoms with Gasteiger partial charge in [0.05, 0.1) is 18.4 Å². The molecule has 1 saturated heterocycles. The van der Waals surface area contributed by atoms with Crippen LogP contribution < -0.4 is 0 Å².